The van der Waals surface area contributed by atoms with Crippen LogP contribution in [0, 0.1) is 12.8 Å². The number of hydrogen-bond acceptors (Lipinski definition) is 3. The molecule has 0 bridgehead atoms. The molecule has 1 saturated carbocycles. The number of nitrogens with zero attached hydrogens (tertiary/aromatic N) is 1. The number of fused-ring (bicyclic) bond motifs is 1. The van der Waals surface area contributed by atoms with Gasteiger partial charge < -0.3 is 5.32 Å². The summed E-state index contributed by atoms with van der Waals surface area (Å²) in [6, 6.07) is 14.0. The molecule has 6 heteroatoms. The molecule has 1 N–H and O–H groups in total. The van der Waals surface area contributed by atoms with Crippen LogP contribution in [0.15, 0.2) is 42.5 Å². The molecular formula is C22H26N2O3S. The summed E-state index contributed by atoms with van der Waals surface area (Å²) in [5.74, 6) is 0.790. The second-order valence-electron chi connectivity index (χ2n) is 8.04. The molecule has 2 aliphatic rings. The third kappa shape index (κ3) is 4.07. The fourth-order valence-electron chi connectivity index (χ4n) is 4.05. The first kappa shape index (κ1) is 19.0. The van der Waals surface area contributed by atoms with E-state index in [9.17, 15) is 13.2 Å². The molecule has 1 heterocycles. The van der Waals surface area contributed by atoms with Gasteiger partial charge in [0.25, 0.3) is 0 Å². The Hall–Kier alpha value is -2.34. The lowest BCUT2D eigenvalue weighted by atomic mass is 9.90. The zero-order valence-electron chi connectivity index (χ0n) is 16.3. The number of anilines is 2. The molecule has 1 amide bonds. The second kappa shape index (κ2) is 7.24. The van der Waals surface area contributed by atoms with E-state index in [0.717, 1.165) is 5.56 Å². The number of hydrogen-bond donors (Lipinski definition) is 1. The van der Waals surface area contributed by atoms with Gasteiger partial charge in [0, 0.05) is 18.7 Å². The van der Waals surface area contributed by atoms with Crippen LogP contribution >= 0.6 is 0 Å². The minimum Gasteiger partial charge on any atom is -0.326 e. The van der Waals surface area contributed by atoms with E-state index in [2.05, 4.69) is 36.5 Å². The van der Waals surface area contributed by atoms with Crippen LogP contribution in [0.4, 0.5) is 11.4 Å². The van der Waals surface area contributed by atoms with E-state index in [1.807, 2.05) is 12.1 Å². The van der Waals surface area contributed by atoms with Gasteiger partial charge in [-0.2, -0.15) is 0 Å². The Kier molecular flexibility index (Phi) is 4.91. The molecule has 28 heavy (non-hydrogen) atoms. The molecular weight excluding hydrogens is 372 g/mol. The smallest absolute Gasteiger partial charge is 0.232 e. The third-order valence-electron chi connectivity index (χ3n) is 5.72. The van der Waals surface area contributed by atoms with Crippen molar-refractivity contribution >= 4 is 27.3 Å². The maximum atomic E-state index is 12.7. The van der Waals surface area contributed by atoms with Crippen molar-refractivity contribution in [2.24, 2.45) is 5.92 Å². The normalized spacial score (nSPS) is 17.3. The average Bonchev–Trinajstić information content (AvgIpc) is 3.38. The fraction of sp³-hybridized carbons (Fsp3) is 0.409. The van der Waals surface area contributed by atoms with Crippen LogP contribution in [0.1, 0.15) is 41.9 Å². The molecule has 4 rings (SSSR count). The predicted octanol–water partition coefficient (Wildman–Crippen LogP) is 3.84. The number of rotatable bonds is 6. The SMILES string of the molecule is Cc1ccc(C(CC(=O)Nc2ccc3c(c2)N(S(C)(=O)=O)CC3)C2CC2)cc1. The highest BCUT2D eigenvalue weighted by Crippen LogP contribution is 2.44. The molecule has 0 radical (unpaired) electrons. The Bertz CT molecular complexity index is 995. The van der Waals surface area contributed by atoms with E-state index in [0.29, 0.717) is 36.7 Å². The van der Waals surface area contributed by atoms with Gasteiger partial charge in [-0.25, -0.2) is 8.42 Å². The molecule has 1 fully saturated rings. The van der Waals surface area contributed by atoms with Crippen LogP contribution in [-0.4, -0.2) is 27.1 Å². The van der Waals surface area contributed by atoms with Gasteiger partial charge in [0.05, 0.1) is 11.9 Å². The molecule has 1 atom stereocenters. The van der Waals surface area contributed by atoms with Gasteiger partial charge in [-0.3, -0.25) is 9.10 Å². The largest absolute Gasteiger partial charge is 0.326 e. The predicted molar refractivity (Wildman–Crippen MR) is 112 cm³/mol. The molecule has 2 aromatic rings. The Morgan fingerprint density at radius 3 is 2.54 bits per heavy atom. The van der Waals surface area contributed by atoms with E-state index < -0.39 is 10.0 Å². The van der Waals surface area contributed by atoms with Crippen LogP contribution in [0.25, 0.3) is 0 Å². The lowest BCUT2D eigenvalue weighted by Gasteiger charge is -2.19. The zero-order valence-corrected chi connectivity index (χ0v) is 17.1. The lowest BCUT2D eigenvalue weighted by molar-refractivity contribution is -0.116. The molecule has 2 aromatic carbocycles. The number of nitrogens with one attached hydrogen (secondary N) is 1. The first-order valence-corrected chi connectivity index (χ1v) is 11.6. The minimum atomic E-state index is -3.30. The molecule has 1 aliphatic heterocycles. The maximum Gasteiger partial charge on any atom is 0.232 e. The Balaban J connectivity index is 1.48. The van der Waals surface area contributed by atoms with E-state index >= 15 is 0 Å². The van der Waals surface area contributed by atoms with Crippen molar-refractivity contribution in [2.45, 2.75) is 38.5 Å². The van der Waals surface area contributed by atoms with Crippen molar-refractivity contribution in [3.63, 3.8) is 0 Å². The summed E-state index contributed by atoms with van der Waals surface area (Å²) < 4.78 is 25.4. The Morgan fingerprint density at radius 1 is 1.18 bits per heavy atom. The molecule has 1 aliphatic carbocycles. The standard InChI is InChI=1S/C22H26N2O3S/c1-15-3-5-16(6-4-15)20(17-7-8-17)14-22(25)23-19-10-9-18-11-12-24(21(18)13-19)28(2,26)27/h3-6,9-10,13,17,20H,7-8,11-12,14H2,1-2H3,(H,23,25). The summed E-state index contributed by atoms with van der Waals surface area (Å²) in [5.41, 5.74) is 4.77. The van der Waals surface area contributed by atoms with Crippen molar-refractivity contribution < 1.29 is 13.2 Å². The highest BCUT2D eigenvalue weighted by Gasteiger charge is 2.34. The fourth-order valence-corrected chi connectivity index (χ4v) is 5.00. The molecule has 1 unspecified atom stereocenters. The van der Waals surface area contributed by atoms with Gasteiger partial charge >= 0.3 is 0 Å². The van der Waals surface area contributed by atoms with Crippen molar-refractivity contribution in [1.82, 2.24) is 0 Å². The van der Waals surface area contributed by atoms with Crippen LogP contribution in [0.2, 0.25) is 0 Å². The van der Waals surface area contributed by atoms with E-state index in [4.69, 9.17) is 0 Å². The van der Waals surface area contributed by atoms with Gasteiger partial charge in [0.15, 0.2) is 0 Å². The van der Waals surface area contributed by atoms with Crippen molar-refractivity contribution in [2.75, 3.05) is 22.4 Å². The number of amides is 1. The number of carbonyl (C=O) groups is 1. The quantitative estimate of drug-likeness (QED) is 0.804. The first-order valence-electron chi connectivity index (χ1n) is 9.78. The van der Waals surface area contributed by atoms with Crippen LogP contribution in [0.3, 0.4) is 0 Å². The van der Waals surface area contributed by atoms with E-state index in [1.165, 1.54) is 34.5 Å². The summed E-state index contributed by atoms with van der Waals surface area (Å²) >= 11 is 0. The van der Waals surface area contributed by atoms with Crippen LogP contribution in [0.5, 0.6) is 0 Å². The molecule has 0 spiro atoms. The van der Waals surface area contributed by atoms with Gasteiger partial charge in [0.1, 0.15) is 0 Å². The molecule has 5 nitrogen and oxygen atoms in total. The first-order chi connectivity index (χ1) is 13.3. The highest BCUT2D eigenvalue weighted by molar-refractivity contribution is 7.92. The monoisotopic (exact) mass is 398 g/mol. The minimum absolute atomic E-state index is 0.0265. The topological polar surface area (TPSA) is 66.5 Å². The number of carbonyl (C=O) groups excluding carboxylic acids is 1. The van der Waals surface area contributed by atoms with E-state index in [-0.39, 0.29) is 11.8 Å². The summed E-state index contributed by atoms with van der Waals surface area (Å²) in [6.45, 7) is 2.53. The Morgan fingerprint density at radius 2 is 1.89 bits per heavy atom. The van der Waals surface area contributed by atoms with Crippen molar-refractivity contribution in [1.29, 1.82) is 0 Å². The zero-order chi connectivity index (χ0) is 19.9. The third-order valence-corrected chi connectivity index (χ3v) is 6.90. The number of sulfonamides is 1. The van der Waals surface area contributed by atoms with Crippen LogP contribution < -0.4 is 9.62 Å². The summed E-state index contributed by atoms with van der Waals surface area (Å²) in [7, 11) is -3.30. The molecule has 0 saturated heterocycles. The van der Waals surface area contributed by atoms with Gasteiger partial charge in [0.2, 0.25) is 15.9 Å². The van der Waals surface area contributed by atoms with Gasteiger partial charge in [-0.05, 0) is 61.3 Å². The highest BCUT2D eigenvalue weighted by atomic mass is 32.2. The summed E-state index contributed by atoms with van der Waals surface area (Å²) in [5, 5.41) is 2.98. The number of benzene rings is 2. The summed E-state index contributed by atoms with van der Waals surface area (Å²) in [6.07, 6.45) is 4.71. The Labute approximate surface area is 166 Å². The second-order valence-corrected chi connectivity index (χ2v) is 9.94. The average molecular weight is 399 g/mol. The van der Waals surface area contributed by atoms with Crippen LogP contribution in [-0.2, 0) is 21.2 Å². The van der Waals surface area contributed by atoms with E-state index in [1.54, 1.807) is 6.07 Å². The lowest BCUT2D eigenvalue weighted by Crippen LogP contribution is -2.27. The van der Waals surface area contributed by atoms with Crippen molar-refractivity contribution in [3.8, 4) is 0 Å². The van der Waals surface area contributed by atoms with Gasteiger partial charge in [-0.15, -0.1) is 0 Å². The molecule has 0 aromatic heterocycles. The molecule has 148 valence electrons. The van der Waals surface area contributed by atoms with Crippen molar-refractivity contribution in [3.05, 3.63) is 59.2 Å². The maximum absolute atomic E-state index is 12.7. The summed E-state index contributed by atoms with van der Waals surface area (Å²) in [4.78, 5) is 12.7. The van der Waals surface area contributed by atoms with Gasteiger partial charge in [-0.1, -0.05) is 35.9 Å². The number of aryl methyl sites for hydroxylation is 1.